The maximum atomic E-state index is 14.7. The molecule has 0 unspecified atom stereocenters. The maximum absolute atomic E-state index is 14.7. The van der Waals surface area contributed by atoms with E-state index in [1.807, 2.05) is 6.07 Å². The largest absolute Gasteiger partial charge is 0.361 e. The fourth-order valence-electron chi connectivity index (χ4n) is 4.00. The summed E-state index contributed by atoms with van der Waals surface area (Å²) in [5.74, 6) is 1.38. The van der Waals surface area contributed by atoms with Crippen molar-refractivity contribution in [2.75, 3.05) is 11.4 Å². The second kappa shape index (κ2) is 6.73. The molecule has 6 rings (SSSR count). The molecule has 1 aliphatic rings. The first-order valence-corrected chi connectivity index (χ1v) is 9.82. The van der Waals surface area contributed by atoms with Crippen LogP contribution in [-0.4, -0.2) is 41.6 Å². The number of anilines is 1. The Morgan fingerprint density at radius 1 is 1.16 bits per heavy atom. The van der Waals surface area contributed by atoms with Gasteiger partial charge in [-0.25, -0.2) is 14.4 Å². The standard InChI is InChI=1S/C21H17FN8O/c1-29-9-12(7-25-29)14-4-15-17(5-16(14)22)27-28-21(15)18-6-20(24-11-23-18)30-3-2-19-13(10-30)8-26-31-19/h4-9,11H,2-3,10H2,1H3,(H,27,28). The van der Waals surface area contributed by atoms with E-state index in [4.69, 9.17) is 4.52 Å². The number of hydrogen-bond donors (Lipinski definition) is 1. The Balaban J connectivity index is 1.41. The molecule has 10 heteroatoms. The lowest BCUT2D eigenvalue weighted by Crippen LogP contribution is -2.30. The Kier molecular flexibility index (Phi) is 3.85. The maximum Gasteiger partial charge on any atom is 0.143 e. The van der Waals surface area contributed by atoms with E-state index in [0.29, 0.717) is 34.6 Å². The SMILES string of the molecule is Cn1cc(-c2cc3c(-c4cc(N5CCc6oncc6C5)ncn4)n[nH]c3cc2F)cn1. The van der Waals surface area contributed by atoms with E-state index in [-0.39, 0.29) is 5.82 Å². The molecule has 0 bridgehead atoms. The summed E-state index contributed by atoms with van der Waals surface area (Å²) in [7, 11) is 1.80. The van der Waals surface area contributed by atoms with Gasteiger partial charge in [-0.05, 0) is 6.07 Å². The molecule has 0 atom stereocenters. The van der Waals surface area contributed by atoms with Crippen LogP contribution >= 0.6 is 0 Å². The normalized spacial score (nSPS) is 13.7. The van der Waals surface area contributed by atoms with Gasteiger partial charge in [-0.15, -0.1) is 0 Å². The number of H-pyrrole nitrogens is 1. The first kappa shape index (κ1) is 17.8. The van der Waals surface area contributed by atoms with Gasteiger partial charge in [-0.1, -0.05) is 5.16 Å². The second-order valence-electron chi connectivity index (χ2n) is 7.56. The quantitative estimate of drug-likeness (QED) is 0.482. The smallest absolute Gasteiger partial charge is 0.143 e. The zero-order valence-electron chi connectivity index (χ0n) is 16.6. The fraction of sp³-hybridized carbons (Fsp3) is 0.190. The Morgan fingerprint density at radius 2 is 2.10 bits per heavy atom. The van der Waals surface area contributed by atoms with Gasteiger partial charge in [0.15, 0.2) is 0 Å². The van der Waals surface area contributed by atoms with Crippen LogP contribution in [0.4, 0.5) is 10.2 Å². The zero-order valence-corrected chi connectivity index (χ0v) is 16.6. The number of rotatable bonds is 3. The predicted octanol–water partition coefficient (Wildman–Crippen LogP) is 3.11. The summed E-state index contributed by atoms with van der Waals surface area (Å²) in [4.78, 5) is 11.0. The molecule has 0 radical (unpaired) electrons. The summed E-state index contributed by atoms with van der Waals surface area (Å²) in [6.07, 6.45) is 7.47. The van der Waals surface area contributed by atoms with Crippen LogP contribution in [0.25, 0.3) is 33.4 Å². The number of nitrogens with one attached hydrogen (secondary N) is 1. The molecule has 5 aromatic rings. The minimum Gasteiger partial charge on any atom is -0.361 e. The van der Waals surface area contributed by atoms with Gasteiger partial charge in [0.25, 0.3) is 0 Å². The van der Waals surface area contributed by atoms with E-state index in [1.165, 1.54) is 12.4 Å². The number of nitrogens with zero attached hydrogens (tertiary/aromatic N) is 7. The van der Waals surface area contributed by atoms with Gasteiger partial charge in [-0.2, -0.15) is 10.2 Å². The number of fused-ring (bicyclic) bond motifs is 2. The summed E-state index contributed by atoms with van der Waals surface area (Å²) in [6, 6.07) is 5.14. The third kappa shape index (κ3) is 2.95. The van der Waals surface area contributed by atoms with Gasteiger partial charge in [0.1, 0.15) is 29.4 Å². The topological polar surface area (TPSA) is 102 Å². The molecule has 0 aliphatic carbocycles. The molecule has 0 amide bonds. The van der Waals surface area contributed by atoms with Crippen molar-refractivity contribution in [3.63, 3.8) is 0 Å². The molecule has 5 heterocycles. The molecule has 0 saturated heterocycles. The molecule has 0 fully saturated rings. The van der Waals surface area contributed by atoms with E-state index in [1.54, 1.807) is 36.4 Å². The van der Waals surface area contributed by atoms with Crippen LogP contribution in [0.2, 0.25) is 0 Å². The number of halogens is 1. The number of hydrogen-bond acceptors (Lipinski definition) is 7. The lowest BCUT2D eigenvalue weighted by molar-refractivity contribution is 0.377. The van der Waals surface area contributed by atoms with Crippen molar-refractivity contribution < 1.29 is 8.91 Å². The van der Waals surface area contributed by atoms with Crippen molar-refractivity contribution >= 4 is 16.7 Å². The van der Waals surface area contributed by atoms with Gasteiger partial charge in [-0.3, -0.25) is 9.78 Å². The van der Waals surface area contributed by atoms with Crippen molar-refractivity contribution in [3.8, 4) is 22.5 Å². The van der Waals surface area contributed by atoms with Crippen molar-refractivity contribution in [3.05, 3.63) is 60.3 Å². The third-order valence-electron chi connectivity index (χ3n) is 5.59. The fourth-order valence-corrected chi connectivity index (χ4v) is 4.00. The average Bonchev–Trinajstić information content (AvgIpc) is 3.52. The van der Waals surface area contributed by atoms with Crippen molar-refractivity contribution in [1.82, 2.24) is 35.1 Å². The van der Waals surface area contributed by atoms with Crippen molar-refractivity contribution in [2.24, 2.45) is 7.05 Å². The molecule has 1 aliphatic heterocycles. The second-order valence-corrected chi connectivity index (χ2v) is 7.56. The van der Waals surface area contributed by atoms with Crippen molar-refractivity contribution in [1.29, 1.82) is 0 Å². The molecule has 9 nitrogen and oxygen atoms in total. The number of aromatic amines is 1. The van der Waals surface area contributed by atoms with Crippen LogP contribution in [0.5, 0.6) is 0 Å². The molecular weight excluding hydrogens is 399 g/mol. The predicted molar refractivity (Wildman–Crippen MR) is 111 cm³/mol. The highest BCUT2D eigenvalue weighted by Gasteiger charge is 2.22. The van der Waals surface area contributed by atoms with E-state index in [0.717, 1.165) is 35.5 Å². The summed E-state index contributed by atoms with van der Waals surface area (Å²) in [5.41, 5.74) is 4.15. The number of aryl methyl sites for hydroxylation is 1. The van der Waals surface area contributed by atoms with Crippen LogP contribution in [0.1, 0.15) is 11.3 Å². The lowest BCUT2D eigenvalue weighted by Gasteiger charge is -2.26. The molecule has 0 spiro atoms. The molecular formula is C21H17FN8O. The van der Waals surface area contributed by atoms with Gasteiger partial charge in [0.05, 0.1) is 23.6 Å². The van der Waals surface area contributed by atoms with Gasteiger partial charge in [0.2, 0.25) is 0 Å². The van der Waals surface area contributed by atoms with Crippen LogP contribution in [0, 0.1) is 5.82 Å². The van der Waals surface area contributed by atoms with E-state index in [9.17, 15) is 4.39 Å². The summed E-state index contributed by atoms with van der Waals surface area (Å²) < 4.78 is 21.6. The van der Waals surface area contributed by atoms with Gasteiger partial charge >= 0.3 is 0 Å². The van der Waals surface area contributed by atoms with Crippen molar-refractivity contribution in [2.45, 2.75) is 13.0 Å². The highest BCUT2D eigenvalue weighted by atomic mass is 19.1. The van der Waals surface area contributed by atoms with Gasteiger partial charge < -0.3 is 9.42 Å². The first-order chi connectivity index (χ1) is 15.2. The van der Waals surface area contributed by atoms with Crippen LogP contribution < -0.4 is 4.90 Å². The molecule has 1 N–H and O–H groups in total. The van der Waals surface area contributed by atoms with Crippen LogP contribution in [-0.2, 0) is 20.0 Å². The monoisotopic (exact) mass is 416 g/mol. The number of benzene rings is 1. The molecule has 31 heavy (non-hydrogen) atoms. The first-order valence-electron chi connectivity index (χ1n) is 9.82. The molecule has 154 valence electrons. The van der Waals surface area contributed by atoms with Crippen LogP contribution in [0.15, 0.2) is 47.6 Å². The lowest BCUT2D eigenvalue weighted by atomic mass is 10.0. The summed E-state index contributed by atoms with van der Waals surface area (Å²) in [6.45, 7) is 1.45. The Bertz CT molecular complexity index is 1420. The van der Waals surface area contributed by atoms with E-state index < -0.39 is 0 Å². The summed E-state index contributed by atoms with van der Waals surface area (Å²) in [5, 5.41) is 16.1. The van der Waals surface area contributed by atoms with E-state index in [2.05, 4.69) is 35.3 Å². The molecule has 4 aromatic heterocycles. The Morgan fingerprint density at radius 3 is 2.97 bits per heavy atom. The Labute approximate surface area is 175 Å². The molecule has 0 saturated carbocycles. The zero-order chi connectivity index (χ0) is 20.9. The molecule has 1 aromatic carbocycles. The minimum absolute atomic E-state index is 0.336. The Hall–Kier alpha value is -4.08. The summed E-state index contributed by atoms with van der Waals surface area (Å²) >= 11 is 0. The minimum atomic E-state index is -0.336. The number of aromatic nitrogens is 7. The average molecular weight is 416 g/mol. The van der Waals surface area contributed by atoms with E-state index >= 15 is 0 Å². The highest BCUT2D eigenvalue weighted by Crippen LogP contribution is 2.33. The highest BCUT2D eigenvalue weighted by molar-refractivity contribution is 5.95. The van der Waals surface area contributed by atoms with Crippen LogP contribution in [0.3, 0.4) is 0 Å². The third-order valence-corrected chi connectivity index (χ3v) is 5.59. The van der Waals surface area contributed by atoms with Gasteiger partial charge in [0, 0.05) is 67.0 Å².